The van der Waals surface area contributed by atoms with Gasteiger partial charge < -0.3 is 15.4 Å². The van der Waals surface area contributed by atoms with Crippen molar-refractivity contribution in [1.82, 2.24) is 4.98 Å². The number of ether oxygens (including phenoxy) is 1. The van der Waals surface area contributed by atoms with E-state index in [4.69, 9.17) is 15.7 Å². The number of benzene rings is 1. The lowest BCUT2D eigenvalue weighted by molar-refractivity contribution is 0.326. The van der Waals surface area contributed by atoms with Crippen LogP contribution in [0.15, 0.2) is 36.4 Å². The van der Waals surface area contributed by atoms with Crippen molar-refractivity contribution in [3.63, 3.8) is 0 Å². The number of hydrogen-bond donors (Lipinski definition) is 1. The predicted octanol–water partition coefficient (Wildman–Crippen LogP) is 2.70. The van der Waals surface area contributed by atoms with Gasteiger partial charge in [0.1, 0.15) is 17.5 Å². The van der Waals surface area contributed by atoms with Crippen molar-refractivity contribution < 1.29 is 4.74 Å². The fourth-order valence-corrected chi connectivity index (χ4v) is 1.84. The highest BCUT2D eigenvalue weighted by Gasteiger charge is 2.14. The summed E-state index contributed by atoms with van der Waals surface area (Å²) in [6, 6.07) is 13.5. The largest absolute Gasteiger partial charge is 0.477 e. The van der Waals surface area contributed by atoms with Crippen LogP contribution in [-0.4, -0.2) is 18.6 Å². The Bertz CT molecular complexity index is 634. The van der Waals surface area contributed by atoms with Gasteiger partial charge in [0.25, 0.3) is 0 Å². The third-order valence-electron chi connectivity index (χ3n) is 2.88. The van der Waals surface area contributed by atoms with Crippen LogP contribution in [0, 0.1) is 11.3 Å². The molecule has 0 aliphatic heterocycles. The van der Waals surface area contributed by atoms with E-state index >= 15 is 0 Å². The average molecular weight is 268 g/mol. The molecule has 0 aliphatic rings. The minimum absolute atomic E-state index is 0.271. The number of nitrogen functional groups attached to an aromatic ring is 1. The summed E-state index contributed by atoms with van der Waals surface area (Å²) in [5.41, 5.74) is 7.53. The smallest absolute Gasteiger partial charge is 0.235 e. The molecule has 1 heterocycles. The molecule has 20 heavy (non-hydrogen) atoms. The van der Waals surface area contributed by atoms with E-state index in [1.165, 1.54) is 0 Å². The van der Waals surface area contributed by atoms with Gasteiger partial charge in [-0.25, -0.2) is 0 Å². The zero-order chi connectivity index (χ0) is 14.5. The van der Waals surface area contributed by atoms with Crippen LogP contribution >= 0.6 is 0 Å². The van der Waals surface area contributed by atoms with E-state index in [9.17, 15) is 0 Å². The molecule has 2 aromatic rings. The van der Waals surface area contributed by atoms with Crippen molar-refractivity contribution in [2.45, 2.75) is 6.92 Å². The van der Waals surface area contributed by atoms with Crippen LogP contribution in [0.5, 0.6) is 5.88 Å². The van der Waals surface area contributed by atoms with Crippen LogP contribution < -0.4 is 15.4 Å². The van der Waals surface area contributed by atoms with Crippen molar-refractivity contribution >= 4 is 17.2 Å². The van der Waals surface area contributed by atoms with E-state index in [0.717, 1.165) is 5.69 Å². The number of para-hydroxylation sites is 1. The minimum atomic E-state index is 0.271. The van der Waals surface area contributed by atoms with Crippen LogP contribution in [0.4, 0.5) is 17.2 Å². The summed E-state index contributed by atoms with van der Waals surface area (Å²) in [5, 5.41) is 9.11. The fourth-order valence-electron chi connectivity index (χ4n) is 1.84. The maximum Gasteiger partial charge on any atom is 0.235 e. The number of nitrogens with two attached hydrogens (primary N) is 1. The Labute approximate surface area is 118 Å². The molecule has 0 saturated heterocycles. The molecule has 5 heteroatoms. The van der Waals surface area contributed by atoms with Crippen molar-refractivity contribution in [3.8, 4) is 11.9 Å². The first-order valence-electron chi connectivity index (χ1n) is 6.29. The summed E-state index contributed by atoms with van der Waals surface area (Å²) < 4.78 is 5.40. The first-order chi connectivity index (χ1) is 9.67. The maximum atomic E-state index is 9.11. The van der Waals surface area contributed by atoms with E-state index in [2.05, 4.69) is 4.98 Å². The Morgan fingerprint density at radius 2 is 2.05 bits per heavy atom. The first-order valence-corrected chi connectivity index (χ1v) is 6.29. The van der Waals surface area contributed by atoms with Crippen molar-refractivity contribution in [1.29, 1.82) is 5.26 Å². The Balaban J connectivity index is 2.45. The van der Waals surface area contributed by atoms with Gasteiger partial charge in [0.15, 0.2) is 0 Å². The minimum Gasteiger partial charge on any atom is -0.477 e. The summed E-state index contributed by atoms with van der Waals surface area (Å²) >= 11 is 0. The lowest BCUT2D eigenvalue weighted by atomic mass is 10.2. The lowest BCUT2D eigenvalue weighted by Gasteiger charge is -2.20. The highest BCUT2D eigenvalue weighted by Crippen LogP contribution is 2.29. The van der Waals surface area contributed by atoms with Gasteiger partial charge in [-0.3, -0.25) is 0 Å². The van der Waals surface area contributed by atoms with Crippen LogP contribution in [0.2, 0.25) is 0 Å². The normalized spacial score (nSPS) is 9.85. The Kier molecular flexibility index (Phi) is 4.06. The molecule has 2 rings (SSSR count). The summed E-state index contributed by atoms with van der Waals surface area (Å²) in [4.78, 5) is 6.26. The molecule has 0 saturated carbocycles. The lowest BCUT2D eigenvalue weighted by Crippen LogP contribution is -2.13. The van der Waals surface area contributed by atoms with Gasteiger partial charge in [0.05, 0.1) is 12.3 Å². The molecule has 1 aromatic carbocycles. The van der Waals surface area contributed by atoms with Gasteiger partial charge in [-0.15, -0.1) is 0 Å². The van der Waals surface area contributed by atoms with Crippen LogP contribution in [0.1, 0.15) is 12.5 Å². The van der Waals surface area contributed by atoms with Gasteiger partial charge >= 0.3 is 0 Å². The zero-order valence-electron chi connectivity index (χ0n) is 11.5. The molecule has 0 bridgehead atoms. The summed E-state index contributed by atoms with van der Waals surface area (Å²) in [5.74, 6) is 0.906. The molecule has 0 spiro atoms. The maximum absolute atomic E-state index is 9.11. The average Bonchev–Trinajstić information content (AvgIpc) is 2.47. The number of aromatic nitrogens is 1. The Morgan fingerprint density at radius 3 is 2.65 bits per heavy atom. The summed E-state index contributed by atoms with van der Waals surface area (Å²) in [6.45, 7) is 2.27. The topological polar surface area (TPSA) is 75.2 Å². The predicted molar refractivity (Wildman–Crippen MR) is 79.0 cm³/mol. The van der Waals surface area contributed by atoms with Crippen molar-refractivity contribution in [2.24, 2.45) is 0 Å². The van der Waals surface area contributed by atoms with E-state index in [1.807, 2.05) is 55.3 Å². The van der Waals surface area contributed by atoms with E-state index < -0.39 is 0 Å². The second kappa shape index (κ2) is 5.93. The molecule has 2 N–H and O–H groups in total. The zero-order valence-corrected chi connectivity index (χ0v) is 11.5. The molecule has 5 nitrogen and oxygen atoms in total. The summed E-state index contributed by atoms with van der Waals surface area (Å²) in [6.07, 6.45) is 0. The van der Waals surface area contributed by atoms with E-state index in [1.54, 1.807) is 6.07 Å². The summed E-state index contributed by atoms with van der Waals surface area (Å²) in [7, 11) is 1.89. The van der Waals surface area contributed by atoms with E-state index in [0.29, 0.717) is 18.1 Å². The van der Waals surface area contributed by atoms with Crippen molar-refractivity contribution in [2.75, 3.05) is 24.3 Å². The highest BCUT2D eigenvalue weighted by molar-refractivity contribution is 5.68. The SMILES string of the molecule is CCOc1nc(N(C)c2ccccc2)cc(N)c1C#N. The molecule has 1 aromatic heterocycles. The van der Waals surface area contributed by atoms with Gasteiger partial charge in [-0.05, 0) is 19.1 Å². The monoisotopic (exact) mass is 268 g/mol. The highest BCUT2D eigenvalue weighted by atomic mass is 16.5. The van der Waals surface area contributed by atoms with Crippen LogP contribution in [0.3, 0.4) is 0 Å². The van der Waals surface area contributed by atoms with Gasteiger partial charge in [-0.1, -0.05) is 18.2 Å². The molecule has 102 valence electrons. The molecule has 0 fully saturated rings. The molecular formula is C15H16N4O. The fraction of sp³-hybridized carbons (Fsp3) is 0.200. The quantitative estimate of drug-likeness (QED) is 0.922. The number of rotatable bonds is 4. The van der Waals surface area contributed by atoms with Gasteiger partial charge in [-0.2, -0.15) is 10.2 Å². The second-order valence-electron chi connectivity index (χ2n) is 4.19. The van der Waals surface area contributed by atoms with Crippen LogP contribution in [-0.2, 0) is 0 Å². The van der Waals surface area contributed by atoms with Gasteiger partial charge in [0, 0.05) is 18.8 Å². The van der Waals surface area contributed by atoms with Crippen LogP contribution in [0.25, 0.3) is 0 Å². The standard InChI is InChI=1S/C15H16N4O/c1-3-20-15-12(10-16)13(17)9-14(18-15)19(2)11-7-5-4-6-8-11/h4-9H,3H2,1-2H3,(H2,17,18). The van der Waals surface area contributed by atoms with Crippen molar-refractivity contribution in [3.05, 3.63) is 42.0 Å². The number of nitriles is 1. The molecule has 0 unspecified atom stereocenters. The third-order valence-corrected chi connectivity index (χ3v) is 2.88. The Morgan fingerprint density at radius 1 is 1.35 bits per heavy atom. The number of pyridine rings is 1. The molecule has 0 radical (unpaired) electrons. The molecule has 0 amide bonds. The van der Waals surface area contributed by atoms with Gasteiger partial charge in [0.2, 0.25) is 5.88 Å². The molecular weight excluding hydrogens is 252 g/mol. The number of anilines is 3. The molecule has 0 atom stereocenters. The first kappa shape index (κ1) is 13.7. The number of hydrogen-bond acceptors (Lipinski definition) is 5. The van der Waals surface area contributed by atoms with E-state index in [-0.39, 0.29) is 11.4 Å². The molecule has 0 aliphatic carbocycles. The number of nitrogens with zero attached hydrogens (tertiary/aromatic N) is 3. The second-order valence-corrected chi connectivity index (χ2v) is 4.19. The third kappa shape index (κ3) is 2.64. The Hall–Kier alpha value is -2.74.